The minimum Gasteiger partial charge on any atom is -0.508 e. The van der Waals surface area contributed by atoms with Crippen LogP contribution in [0.3, 0.4) is 0 Å². The quantitative estimate of drug-likeness (QED) is 0.643. The van der Waals surface area contributed by atoms with Crippen LogP contribution in [0.4, 0.5) is 0 Å². The van der Waals surface area contributed by atoms with Gasteiger partial charge in [-0.2, -0.15) is 0 Å². The number of halogens is 1. The SMILES string of the molecule is C=C(O)c1ccnc(Br)c1.Cc1ccccn1. The van der Waals surface area contributed by atoms with Crippen molar-refractivity contribution in [2.75, 3.05) is 0 Å². The average Bonchev–Trinajstić information content (AvgIpc) is 2.31. The molecule has 0 saturated carbocycles. The average molecular weight is 293 g/mol. The van der Waals surface area contributed by atoms with Crippen LogP contribution in [0, 0.1) is 6.92 Å². The molecule has 2 heterocycles. The van der Waals surface area contributed by atoms with Crippen molar-refractivity contribution in [2.45, 2.75) is 6.92 Å². The van der Waals surface area contributed by atoms with Crippen LogP contribution in [0.1, 0.15) is 11.3 Å². The molecule has 2 aromatic rings. The monoisotopic (exact) mass is 292 g/mol. The lowest BCUT2D eigenvalue weighted by molar-refractivity contribution is 0.513. The highest BCUT2D eigenvalue weighted by Gasteiger charge is 1.95. The fraction of sp³-hybridized carbons (Fsp3) is 0.0769. The maximum Gasteiger partial charge on any atom is 0.115 e. The Balaban J connectivity index is 0.000000181. The summed E-state index contributed by atoms with van der Waals surface area (Å²) in [6, 6.07) is 9.24. The summed E-state index contributed by atoms with van der Waals surface area (Å²) in [6.07, 6.45) is 3.39. The molecule has 88 valence electrons. The molecule has 2 aromatic heterocycles. The first-order valence-electron chi connectivity index (χ1n) is 4.97. The summed E-state index contributed by atoms with van der Waals surface area (Å²) in [7, 11) is 0. The van der Waals surface area contributed by atoms with Gasteiger partial charge in [-0.25, -0.2) is 4.98 Å². The van der Waals surface area contributed by atoms with E-state index in [9.17, 15) is 0 Å². The van der Waals surface area contributed by atoms with E-state index in [-0.39, 0.29) is 5.76 Å². The maximum atomic E-state index is 8.91. The van der Waals surface area contributed by atoms with Crippen molar-refractivity contribution in [1.82, 2.24) is 9.97 Å². The summed E-state index contributed by atoms with van der Waals surface area (Å²) in [4.78, 5) is 7.87. The predicted octanol–water partition coefficient (Wildman–Crippen LogP) is 3.76. The lowest BCUT2D eigenvalue weighted by atomic mass is 10.2. The number of rotatable bonds is 1. The number of aryl methyl sites for hydroxylation is 1. The highest BCUT2D eigenvalue weighted by molar-refractivity contribution is 9.10. The molecule has 0 saturated heterocycles. The summed E-state index contributed by atoms with van der Waals surface area (Å²) >= 11 is 3.17. The Morgan fingerprint density at radius 2 is 2.00 bits per heavy atom. The van der Waals surface area contributed by atoms with Crippen molar-refractivity contribution < 1.29 is 5.11 Å². The lowest BCUT2D eigenvalue weighted by Gasteiger charge is -1.96. The fourth-order valence-corrected chi connectivity index (χ4v) is 1.39. The number of aliphatic hydroxyl groups excluding tert-OH is 1. The summed E-state index contributed by atoms with van der Waals surface area (Å²) in [5, 5.41) is 8.91. The van der Waals surface area contributed by atoms with E-state index in [1.807, 2.05) is 25.1 Å². The van der Waals surface area contributed by atoms with Crippen molar-refractivity contribution >= 4 is 21.7 Å². The Morgan fingerprint density at radius 1 is 1.24 bits per heavy atom. The van der Waals surface area contributed by atoms with Crippen LogP contribution in [-0.2, 0) is 0 Å². The largest absolute Gasteiger partial charge is 0.508 e. The molecule has 0 bridgehead atoms. The Kier molecular flexibility index (Phi) is 5.36. The van der Waals surface area contributed by atoms with E-state index in [0.29, 0.717) is 10.2 Å². The van der Waals surface area contributed by atoms with Gasteiger partial charge in [-0.15, -0.1) is 0 Å². The van der Waals surface area contributed by atoms with Gasteiger partial charge in [0.25, 0.3) is 0 Å². The number of aromatic nitrogens is 2. The molecule has 0 spiro atoms. The smallest absolute Gasteiger partial charge is 0.115 e. The third-order valence-electron chi connectivity index (χ3n) is 1.87. The van der Waals surface area contributed by atoms with Crippen LogP contribution in [-0.4, -0.2) is 15.1 Å². The molecule has 0 fully saturated rings. The summed E-state index contributed by atoms with van der Waals surface area (Å²) < 4.78 is 0.695. The zero-order valence-electron chi connectivity index (χ0n) is 9.47. The van der Waals surface area contributed by atoms with Gasteiger partial charge in [0.15, 0.2) is 0 Å². The van der Waals surface area contributed by atoms with Crippen LogP contribution in [0.15, 0.2) is 53.9 Å². The predicted molar refractivity (Wildman–Crippen MR) is 72.6 cm³/mol. The van der Waals surface area contributed by atoms with Gasteiger partial charge >= 0.3 is 0 Å². The molecule has 0 aliphatic carbocycles. The number of aliphatic hydroxyl groups is 1. The zero-order chi connectivity index (χ0) is 12.7. The van der Waals surface area contributed by atoms with Crippen molar-refractivity contribution in [3.05, 3.63) is 65.2 Å². The Bertz CT molecular complexity index is 486. The summed E-state index contributed by atoms with van der Waals surface area (Å²) in [6.45, 7) is 5.35. The van der Waals surface area contributed by atoms with Crippen molar-refractivity contribution in [2.24, 2.45) is 0 Å². The fourth-order valence-electron chi connectivity index (χ4n) is 1.03. The lowest BCUT2D eigenvalue weighted by Crippen LogP contribution is -1.81. The first-order valence-corrected chi connectivity index (χ1v) is 5.76. The van der Waals surface area contributed by atoms with Crippen molar-refractivity contribution in [3.8, 4) is 0 Å². The second kappa shape index (κ2) is 6.81. The molecule has 0 aliphatic heterocycles. The van der Waals surface area contributed by atoms with E-state index in [2.05, 4.69) is 32.5 Å². The molecule has 0 amide bonds. The van der Waals surface area contributed by atoms with Gasteiger partial charge in [0.2, 0.25) is 0 Å². The number of pyridine rings is 2. The summed E-state index contributed by atoms with van der Waals surface area (Å²) in [5.41, 5.74) is 1.75. The van der Waals surface area contributed by atoms with Crippen LogP contribution in [0.25, 0.3) is 5.76 Å². The number of nitrogens with zero attached hydrogens (tertiary/aromatic N) is 2. The molecular formula is C13H13BrN2O. The second-order valence-corrected chi connectivity index (χ2v) is 4.10. The van der Waals surface area contributed by atoms with E-state index in [1.54, 1.807) is 24.5 Å². The minimum absolute atomic E-state index is 0.0584. The second-order valence-electron chi connectivity index (χ2n) is 3.29. The number of hydrogen-bond acceptors (Lipinski definition) is 3. The highest BCUT2D eigenvalue weighted by Crippen LogP contribution is 2.12. The zero-order valence-corrected chi connectivity index (χ0v) is 11.1. The van der Waals surface area contributed by atoms with Crippen LogP contribution in [0.5, 0.6) is 0 Å². The molecule has 0 unspecified atom stereocenters. The van der Waals surface area contributed by atoms with Crippen LogP contribution >= 0.6 is 15.9 Å². The highest BCUT2D eigenvalue weighted by atomic mass is 79.9. The normalized spacial score (nSPS) is 9.06. The van der Waals surface area contributed by atoms with E-state index < -0.39 is 0 Å². The molecule has 0 radical (unpaired) electrons. The first-order chi connectivity index (χ1) is 8.09. The molecular weight excluding hydrogens is 280 g/mol. The molecule has 17 heavy (non-hydrogen) atoms. The summed E-state index contributed by atoms with van der Waals surface area (Å²) in [5.74, 6) is 0.0584. The van der Waals surface area contributed by atoms with Gasteiger partial charge < -0.3 is 5.11 Å². The van der Waals surface area contributed by atoms with E-state index in [4.69, 9.17) is 5.11 Å². The Labute approximate surface area is 109 Å². The van der Waals surface area contributed by atoms with Crippen molar-refractivity contribution in [1.29, 1.82) is 0 Å². The van der Waals surface area contributed by atoms with Gasteiger partial charge in [-0.3, -0.25) is 4.98 Å². The van der Waals surface area contributed by atoms with Gasteiger partial charge in [-0.1, -0.05) is 12.6 Å². The van der Waals surface area contributed by atoms with Crippen LogP contribution in [0.2, 0.25) is 0 Å². The van der Waals surface area contributed by atoms with Gasteiger partial charge in [0.1, 0.15) is 10.4 Å². The van der Waals surface area contributed by atoms with Crippen LogP contribution < -0.4 is 0 Å². The van der Waals surface area contributed by atoms with Gasteiger partial charge in [-0.05, 0) is 47.1 Å². The molecule has 0 atom stereocenters. The Hall–Kier alpha value is -1.68. The van der Waals surface area contributed by atoms with Crippen molar-refractivity contribution in [3.63, 3.8) is 0 Å². The molecule has 2 rings (SSSR count). The standard InChI is InChI=1S/C7H6BrNO.C6H7N/c1-5(10)6-2-3-9-7(8)4-6;1-6-4-2-3-5-7-6/h2-4,10H,1H2;2-5H,1H3. The molecule has 0 aromatic carbocycles. The molecule has 4 heteroatoms. The topological polar surface area (TPSA) is 46.0 Å². The Morgan fingerprint density at radius 3 is 2.35 bits per heavy atom. The number of hydrogen-bond donors (Lipinski definition) is 1. The molecule has 0 aliphatic rings. The van der Waals surface area contributed by atoms with Gasteiger partial charge in [0.05, 0.1) is 0 Å². The minimum atomic E-state index is 0.0584. The third kappa shape index (κ3) is 5.26. The third-order valence-corrected chi connectivity index (χ3v) is 2.31. The van der Waals surface area contributed by atoms with Gasteiger partial charge in [0, 0.05) is 23.7 Å². The first kappa shape index (κ1) is 13.4. The van der Waals surface area contributed by atoms with E-state index in [1.165, 1.54) is 0 Å². The maximum absolute atomic E-state index is 8.91. The van der Waals surface area contributed by atoms with E-state index >= 15 is 0 Å². The molecule has 1 N–H and O–H groups in total. The molecule has 3 nitrogen and oxygen atoms in total. The van der Waals surface area contributed by atoms with E-state index in [0.717, 1.165) is 5.69 Å².